The molecule has 1 aliphatic rings. The van der Waals surface area contributed by atoms with Crippen LogP contribution in [0, 0.1) is 0 Å². The number of para-hydroxylation sites is 1. The molecule has 18 heavy (non-hydrogen) atoms. The summed E-state index contributed by atoms with van der Waals surface area (Å²) in [7, 11) is 0. The minimum absolute atomic E-state index is 0.660. The zero-order valence-electron chi connectivity index (χ0n) is 10.0. The molecule has 0 saturated heterocycles. The first-order valence-electron chi connectivity index (χ1n) is 6.00. The third-order valence-corrected chi connectivity index (χ3v) is 3.05. The van der Waals surface area contributed by atoms with Crippen molar-refractivity contribution < 1.29 is 4.74 Å². The molecule has 2 heterocycles. The fraction of sp³-hybridized carbons (Fsp3) is 0.214. The molecule has 4 heteroatoms. The molecule has 92 valence electrons. The first-order valence-corrected chi connectivity index (χ1v) is 6.00. The predicted molar refractivity (Wildman–Crippen MR) is 71.6 cm³/mol. The summed E-state index contributed by atoms with van der Waals surface area (Å²) in [5.41, 5.74) is 7.72. The van der Waals surface area contributed by atoms with Crippen LogP contribution < -0.4 is 15.4 Å². The van der Waals surface area contributed by atoms with E-state index in [0.29, 0.717) is 6.61 Å². The number of pyridine rings is 1. The number of anilines is 2. The number of ether oxygens (including phenoxy) is 1. The number of nitrogen functional groups attached to an aromatic ring is 1. The summed E-state index contributed by atoms with van der Waals surface area (Å²) < 4.78 is 5.73. The smallest absolute Gasteiger partial charge is 0.130 e. The van der Waals surface area contributed by atoms with E-state index in [1.54, 1.807) is 12.3 Å². The fourth-order valence-electron chi connectivity index (χ4n) is 2.13. The summed E-state index contributed by atoms with van der Waals surface area (Å²) in [6.45, 7) is 2.27. The lowest BCUT2D eigenvalue weighted by atomic mass is 10.2. The van der Waals surface area contributed by atoms with Crippen molar-refractivity contribution in [3.05, 3.63) is 48.2 Å². The van der Waals surface area contributed by atoms with Crippen LogP contribution in [0.15, 0.2) is 42.6 Å². The normalized spacial score (nSPS) is 14.6. The summed E-state index contributed by atoms with van der Waals surface area (Å²) in [4.78, 5) is 6.55. The fourth-order valence-corrected chi connectivity index (χ4v) is 2.13. The molecule has 0 bridgehead atoms. The zero-order chi connectivity index (χ0) is 12.4. The number of aromatic nitrogens is 1. The quantitative estimate of drug-likeness (QED) is 0.830. The van der Waals surface area contributed by atoms with Gasteiger partial charge in [-0.1, -0.05) is 18.2 Å². The largest absolute Gasteiger partial charge is 0.491 e. The van der Waals surface area contributed by atoms with Crippen molar-refractivity contribution in [2.24, 2.45) is 0 Å². The molecule has 3 rings (SSSR count). The topological polar surface area (TPSA) is 51.4 Å². The Kier molecular flexibility index (Phi) is 2.76. The molecule has 4 nitrogen and oxygen atoms in total. The third-order valence-electron chi connectivity index (χ3n) is 3.05. The van der Waals surface area contributed by atoms with Crippen LogP contribution in [0.1, 0.15) is 5.56 Å². The number of benzene rings is 1. The molecular weight excluding hydrogens is 226 g/mol. The highest BCUT2D eigenvalue weighted by Crippen LogP contribution is 2.25. The van der Waals surface area contributed by atoms with Gasteiger partial charge in [0, 0.05) is 30.1 Å². The maximum absolute atomic E-state index is 5.80. The summed E-state index contributed by atoms with van der Waals surface area (Å²) in [5, 5.41) is 0. The number of fused-ring (bicyclic) bond motifs is 1. The van der Waals surface area contributed by atoms with Gasteiger partial charge in [-0.2, -0.15) is 0 Å². The van der Waals surface area contributed by atoms with Crippen molar-refractivity contribution in [3.63, 3.8) is 0 Å². The Morgan fingerprint density at radius 2 is 2.11 bits per heavy atom. The first kappa shape index (κ1) is 10.9. The summed E-state index contributed by atoms with van der Waals surface area (Å²) in [5.74, 6) is 1.86. The van der Waals surface area contributed by atoms with Gasteiger partial charge in [0.15, 0.2) is 0 Å². The van der Waals surface area contributed by atoms with Crippen LogP contribution in [0.4, 0.5) is 11.5 Å². The molecule has 0 saturated carbocycles. The van der Waals surface area contributed by atoms with Gasteiger partial charge in [0.25, 0.3) is 0 Å². The average Bonchev–Trinajstić information content (AvgIpc) is 2.60. The van der Waals surface area contributed by atoms with Gasteiger partial charge in [-0.15, -0.1) is 0 Å². The van der Waals surface area contributed by atoms with E-state index in [-0.39, 0.29) is 0 Å². The molecule has 0 atom stereocenters. The number of nitrogens with two attached hydrogens (primary N) is 1. The second kappa shape index (κ2) is 4.56. The second-order valence-electron chi connectivity index (χ2n) is 4.33. The Morgan fingerprint density at radius 3 is 3.00 bits per heavy atom. The third kappa shape index (κ3) is 2.09. The van der Waals surface area contributed by atoms with E-state index in [0.717, 1.165) is 30.3 Å². The lowest BCUT2D eigenvalue weighted by Crippen LogP contribution is -2.26. The molecular formula is C14H15N3O. The Hall–Kier alpha value is -2.23. The Balaban J connectivity index is 1.91. The number of hydrogen-bond donors (Lipinski definition) is 1. The second-order valence-corrected chi connectivity index (χ2v) is 4.33. The van der Waals surface area contributed by atoms with Crippen molar-refractivity contribution in [1.82, 2.24) is 4.98 Å². The van der Waals surface area contributed by atoms with Gasteiger partial charge in [0.1, 0.15) is 18.2 Å². The molecule has 0 radical (unpaired) electrons. The summed E-state index contributed by atoms with van der Waals surface area (Å²) in [6.07, 6.45) is 1.74. The lowest BCUT2D eigenvalue weighted by Gasteiger charge is -2.20. The Bertz CT molecular complexity index is 556. The van der Waals surface area contributed by atoms with Crippen LogP contribution in [0.2, 0.25) is 0 Å². The van der Waals surface area contributed by atoms with Crippen LogP contribution in [0.25, 0.3) is 0 Å². The van der Waals surface area contributed by atoms with Crippen molar-refractivity contribution >= 4 is 11.5 Å². The number of hydrogen-bond acceptors (Lipinski definition) is 4. The van der Waals surface area contributed by atoms with Crippen molar-refractivity contribution in [2.45, 2.75) is 6.54 Å². The summed E-state index contributed by atoms with van der Waals surface area (Å²) in [6, 6.07) is 11.8. The average molecular weight is 241 g/mol. The highest BCUT2D eigenvalue weighted by molar-refractivity contribution is 5.51. The monoisotopic (exact) mass is 241 g/mol. The molecule has 0 fully saturated rings. The molecule has 1 aromatic heterocycles. The minimum Gasteiger partial charge on any atom is -0.491 e. The Labute approximate surface area is 106 Å². The van der Waals surface area contributed by atoms with E-state index in [4.69, 9.17) is 10.5 Å². The van der Waals surface area contributed by atoms with Gasteiger partial charge < -0.3 is 15.4 Å². The van der Waals surface area contributed by atoms with Gasteiger partial charge in [0.2, 0.25) is 0 Å². The van der Waals surface area contributed by atoms with Gasteiger partial charge in [0.05, 0.1) is 6.54 Å². The van der Waals surface area contributed by atoms with Crippen molar-refractivity contribution in [3.8, 4) is 5.75 Å². The minimum atomic E-state index is 0.660. The van der Waals surface area contributed by atoms with Crippen LogP contribution in [0.3, 0.4) is 0 Å². The molecule has 0 amide bonds. The van der Waals surface area contributed by atoms with E-state index < -0.39 is 0 Å². The predicted octanol–water partition coefficient (Wildman–Crippen LogP) is 2.06. The van der Waals surface area contributed by atoms with E-state index in [1.165, 1.54) is 5.56 Å². The van der Waals surface area contributed by atoms with E-state index in [9.17, 15) is 0 Å². The van der Waals surface area contributed by atoms with Crippen molar-refractivity contribution in [2.75, 3.05) is 23.8 Å². The molecule has 0 spiro atoms. The van der Waals surface area contributed by atoms with E-state index >= 15 is 0 Å². The highest BCUT2D eigenvalue weighted by Gasteiger charge is 2.15. The van der Waals surface area contributed by atoms with Gasteiger partial charge in [-0.05, 0) is 12.1 Å². The van der Waals surface area contributed by atoms with Crippen LogP contribution in [-0.2, 0) is 6.54 Å². The standard InChI is InChI=1S/C14H15N3O/c15-12-5-6-16-14(9-12)17-7-8-18-13-4-2-1-3-11(13)10-17/h1-6,9H,7-8,10H2,(H2,15,16). The van der Waals surface area contributed by atoms with Gasteiger partial charge >= 0.3 is 0 Å². The lowest BCUT2D eigenvalue weighted by molar-refractivity contribution is 0.331. The number of rotatable bonds is 1. The zero-order valence-corrected chi connectivity index (χ0v) is 10.0. The number of nitrogens with zero attached hydrogens (tertiary/aromatic N) is 2. The van der Waals surface area contributed by atoms with Crippen LogP contribution >= 0.6 is 0 Å². The maximum Gasteiger partial charge on any atom is 0.130 e. The Morgan fingerprint density at radius 1 is 1.22 bits per heavy atom. The molecule has 2 N–H and O–H groups in total. The van der Waals surface area contributed by atoms with E-state index in [2.05, 4.69) is 16.0 Å². The molecule has 1 aromatic carbocycles. The van der Waals surface area contributed by atoms with Crippen LogP contribution in [0.5, 0.6) is 5.75 Å². The van der Waals surface area contributed by atoms with Gasteiger partial charge in [-0.3, -0.25) is 0 Å². The molecule has 0 aliphatic carbocycles. The first-order chi connectivity index (χ1) is 8.83. The molecule has 2 aromatic rings. The molecule has 1 aliphatic heterocycles. The highest BCUT2D eigenvalue weighted by atomic mass is 16.5. The van der Waals surface area contributed by atoms with Gasteiger partial charge in [-0.25, -0.2) is 4.98 Å². The SMILES string of the molecule is Nc1ccnc(N2CCOc3ccccc3C2)c1. The van der Waals surface area contributed by atoms with Crippen LogP contribution in [-0.4, -0.2) is 18.1 Å². The summed E-state index contributed by atoms with van der Waals surface area (Å²) >= 11 is 0. The van der Waals surface area contributed by atoms with Crippen molar-refractivity contribution in [1.29, 1.82) is 0 Å². The van der Waals surface area contributed by atoms with E-state index in [1.807, 2.05) is 24.3 Å². The molecule has 0 unspecified atom stereocenters. The maximum atomic E-state index is 5.80.